The van der Waals surface area contributed by atoms with Crippen molar-refractivity contribution in [2.45, 2.75) is 23.9 Å². The van der Waals surface area contributed by atoms with Crippen LogP contribution in [-0.4, -0.2) is 21.9 Å². The Morgan fingerprint density at radius 2 is 1.60 bits per heavy atom. The van der Waals surface area contributed by atoms with Crippen molar-refractivity contribution in [3.05, 3.63) is 95.8 Å². The third-order valence-corrected chi connectivity index (χ3v) is 5.85. The summed E-state index contributed by atoms with van der Waals surface area (Å²) < 4.78 is 20.9. The van der Waals surface area contributed by atoms with E-state index in [4.69, 9.17) is 4.74 Å². The number of hydrogen-bond acceptors (Lipinski definition) is 4. The number of nitrogens with zero attached hydrogens (tertiary/aromatic N) is 3. The summed E-state index contributed by atoms with van der Waals surface area (Å²) >= 11 is 1.60. The van der Waals surface area contributed by atoms with E-state index < -0.39 is 0 Å². The van der Waals surface area contributed by atoms with Gasteiger partial charge in [-0.25, -0.2) is 4.39 Å². The standard InChI is InChI=1S/C24H22FN3OS/c1-29-22-10-6-5-9-21(22)23-26-27-24(30-17-19-11-13-20(25)14-12-19)28(23)16-15-18-7-3-2-4-8-18/h2-14H,15-17H2,1H3. The second kappa shape index (κ2) is 9.59. The average Bonchev–Trinajstić information content (AvgIpc) is 3.20. The second-order valence-corrected chi connectivity index (χ2v) is 7.75. The number of aromatic nitrogens is 3. The van der Waals surface area contributed by atoms with Gasteiger partial charge in [0.25, 0.3) is 0 Å². The highest BCUT2D eigenvalue weighted by atomic mass is 32.2. The van der Waals surface area contributed by atoms with E-state index in [0.717, 1.165) is 40.8 Å². The van der Waals surface area contributed by atoms with Gasteiger partial charge in [0.1, 0.15) is 11.6 Å². The summed E-state index contributed by atoms with van der Waals surface area (Å²) in [5.41, 5.74) is 3.21. The van der Waals surface area contributed by atoms with Gasteiger partial charge in [-0.3, -0.25) is 0 Å². The Labute approximate surface area is 179 Å². The monoisotopic (exact) mass is 419 g/mol. The van der Waals surface area contributed by atoms with E-state index in [1.807, 2.05) is 42.5 Å². The highest BCUT2D eigenvalue weighted by Gasteiger charge is 2.17. The molecule has 0 saturated carbocycles. The lowest BCUT2D eigenvalue weighted by Gasteiger charge is -2.12. The summed E-state index contributed by atoms with van der Waals surface area (Å²) in [7, 11) is 1.66. The largest absolute Gasteiger partial charge is 0.496 e. The van der Waals surface area contributed by atoms with Gasteiger partial charge in [-0.1, -0.05) is 66.4 Å². The van der Waals surface area contributed by atoms with Crippen molar-refractivity contribution in [3.8, 4) is 17.1 Å². The molecule has 0 aliphatic carbocycles. The van der Waals surface area contributed by atoms with Crippen LogP contribution in [0.25, 0.3) is 11.4 Å². The summed E-state index contributed by atoms with van der Waals surface area (Å²) in [6.45, 7) is 0.746. The molecule has 30 heavy (non-hydrogen) atoms. The number of thioether (sulfide) groups is 1. The number of ether oxygens (including phenoxy) is 1. The van der Waals surface area contributed by atoms with Gasteiger partial charge in [0.05, 0.1) is 12.7 Å². The molecule has 3 aromatic carbocycles. The van der Waals surface area contributed by atoms with Crippen molar-refractivity contribution in [2.24, 2.45) is 0 Å². The van der Waals surface area contributed by atoms with Crippen LogP contribution >= 0.6 is 11.8 Å². The molecule has 4 nitrogen and oxygen atoms in total. The maximum atomic E-state index is 13.2. The van der Waals surface area contributed by atoms with Gasteiger partial charge in [0, 0.05) is 12.3 Å². The lowest BCUT2D eigenvalue weighted by atomic mass is 10.1. The summed E-state index contributed by atoms with van der Waals surface area (Å²) in [5.74, 6) is 2.01. The van der Waals surface area contributed by atoms with Crippen LogP contribution in [0.4, 0.5) is 4.39 Å². The first-order valence-corrected chi connectivity index (χ1v) is 10.7. The van der Waals surface area contributed by atoms with E-state index in [-0.39, 0.29) is 5.82 Å². The maximum Gasteiger partial charge on any atom is 0.191 e. The number of hydrogen-bond donors (Lipinski definition) is 0. The first-order chi connectivity index (χ1) is 14.7. The minimum atomic E-state index is -0.228. The van der Waals surface area contributed by atoms with Crippen LogP contribution < -0.4 is 4.74 Å². The van der Waals surface area contributed by atoms with Crippen molar-refractivity contribution < 1.29 is 9.13 Å². The van der Waals surface area contributed by atoms with Gasteiger partial charge in [0.2, 0.25) is 0 Å². The molecule has 6 heteroatoms. The van der Waals surface area contributed by atoms with E-state index in [9.17, 15) is 4.39 Å². The average molecular weight is 420 g/mol. The SMILES string of the molecule is COc1ccccc1-c1nnc(SCc2ccc(F)cc2)n1CCc1ccccc1. The molecule has 0 atom stereocenters. The fraction of sp³-hybridized carbons (Fsp3) is 0.167. The van der Waals surface area contributed by atoms with E-state index in [1.165, 1.54) is 17.7 Å². The fourth-order valence-corrected chi connectivity index (χ4v) is 4.16. The quantitative estimate of drug-likeness (QED) is 0.347. The number of methoxy groups -OCH3 is 1. The lowest BCUT2D eigenvalue weighted by molar-refractivity contribution is 0.415. The minimum absolute atomic E-state index is 0.228. The molecule has 0 saturated heterocycles. The molecule has 0 aliphatic rings. The summed E-state index contributed by atoms with van der Waals surface area (Å²) in [6.07, 6.45) is 0.866. The molecule has 0 N–H and O–H groups in total. The summed E-state index contributed by atoms with van der Waals surface area (Å²) in [4.78, 5) is 0. The normalized spacial score (nSPS) is 10.9. The van der Waals surface area contributed by atoms with Crippen molar-refractivity contribution in [1.29, 1.82) is 0 Å². The Hall–Kier alpha value is -3.12. The van der Waals surface area contributed by atoms with Crippen LogP contribution in [-0.2, 0) is 18.7 Å². The number of para-hydroxylation sites is 1. The van der Waals surface area contributed by atoms with Gasteiger partial charge in [0.15, 0.2) is 11.0 Å². The van der Waals surface area contributed by atoms with Crippen molar-refractivity contribution in [2.75, 3.05) is 7.11 Å². The Bertz CT molecular complexity index is 1100. The first-order valence-electron chi connectivity index (χ1n) is 9.72. The van der Waals surface area contributed by atoms with Crippen molar-refractivity contribution in [1.82, 2.24) is 14.8 Å². The van der Waals surface area contributed by atoms with Crippen LogP contribution in [0.3, 0.4) is 0 Å². The van der Waals surface area contributed by atoms with Crippen molar-refractivity contribution >= 4 is 11.8 Å². The molecule has 0 spiro atoms. The van der Waals surface area contributed by atoms with Gasteiger partial charge in [-0.2, -0.15) is 0 Å². The number of benzene rings is 3. The van der Waals surface area contributed by atoms with Gasteiger partial charge >= 0.3 is 0 Å². The third-order valence-electron chi connectivity index (χ3n) is 4.81. The van der Waals surface area contributed by atoms with Crippen LogP contribution in [0.1, 0.15) is 11.1 Å². The molecule has 1 heterocycles. The highest BCUT2D eigenvalue weighted by molar-refractivity contribution is 7.98. The zero-order chi connectivity index (χ0) is 20.8. The molecule has 4 aromatic rings. The number of rotatable bonds is 8. The Morgan fingerprint density at radius 3 is 2.37 bits per heavy atom. The van der Waals surface area contributed by atoms with E-state index in [2.05, 4.69) is 26.9 Å². The predicted molar refractivity (Wildman–Crippen MR) is 118 cm³/mol. The van der Waals surface area contributed by atoms with Crippen LogP contribution in [0.2, 0.25) is 0 Å². The van der Waals surface area contributed by atoms with Crippen LogP contribution in [0.15, 0.2) is 84.0 Å². The Kier molecular flexibility index (Phi) is 6.44. The van der Waals surface area contributed by atoms with Crippen LogP contribution in [0, 0.1) is 5.82 Å². The summed E-state index contributed by atoms with van der Waals surface area (Å²) in [5, 5.41) is 9.77. The van der Waals surface area contributed by atoms with Gasteiger partial charge in [-0.05, 0) is 41.8 Å². The minimum Gasteiger partial charge on any atom is -0.496 e. The molecule has 0 unspecified atom stereocenters. The Morgan fingerprint density at radius 1 is 0.867 bits per heavy atom. The number of halogens is 1. The molecular formula is C24H22FN3OS. The van der Waals surface area contributed by atoms with Gasteiger partial charge < -0.3 is 9.30 Å². The predicted octanol–water partition coefficient (Wildman–Crippen LogP) is 5.63. The second-order valence-electron chi connectivity index (χ2n) is 6.81. The smallest absolute Gasteiger partial charge is 0.191 e. The molecule has 0 fully saturated rings. The fourth-order valence-electron chi connectivity index (χ4n) is 3.24. The first kappa shape index (κ1) is 20.2. The third kappa shape index (κ3) is 4.71. The Balaban J connectivity index is 1.63. The topological polar surface area (TPSA) is 39.9 Å². The molecule has 0 amide bonds. The zero-order valence-corrected chi connectivity index (χ0v) is 17.5. The van der Waals surface area contributed by atoms with E-state index in [1.54, 1.807) is 31.0 Å². The number of aryl methyl sites for hydroxylation is 1. The molecular weight excluding hydrogens is 397 g/mol. The van der Waals surface area contributed by atoms with E-state index >= 15 is 0 Å². The molecule has 4 rings (SSSR count). The van der Waals surface area contributed by atoms with Crippen molar-refractivity contribution in [3.63, 3.8) is 0 Å². The summed E-state index contributed by atoms with van der Waals surface area (Å²) in [6, 6.07) is 24.8. The van der Waals surface area contributed by atoms with Gasteiger partial charge in [-0.15, -0.1) is 10.2 Å². The molecule has 0 radical (unpaired) electrons. The zero-order valence-electron chi connectivity index (χ0n) is 16.7. The molecule has 0 bridgehead atoms. The molecule has 0 aliphatic heterocycles. The lowest BCUT2D eigenvalue weighted by Crippen LogP contribution is -2.06. The van der Waals surface area contributed by atoms with E-state index in [0.29, 0.717) is 5.75 Å². The van der Waals surface area contributed by atoms with Crippen LogP contribution in [0.5, 0.6) is 5.75 Å². The molecule has 152 valence electrons. The maximum absolute atomic E-state index is 13.2. The molecule has 1 aromatic heterocycles. The highest BCUT2D eigenvalue weighted by Crippen LogP contribution is 2.32.